The Hall–Kier alpha value is -1.77. The molecule has 0 fully saturated rings. The van der Waals surface area contributed by atoms with Gasteiger partial charge in [0, 0.05) is 0 Å². The van der Waals surface area contributed by atoms with Crippen molar-refractivity contribution < 1.29 is 32.7 Å². The van der Waals surface area contributed by atoms with Gasteiger partial charge in [-0.1, -0.05) is 6.08 Å². The van der Waals surface area contributed by atoms with Gasteiger partial charge in [0.2, 0.25) is 0 Å². The van der Waals surface area contributed by atoms with Gasteiger partial charge in [-0.15, -0.1) is 6.58 Å². The summed E-state index contributed by atoms with van der Waals surface area (Å²) in [6.45, 7) is 2.40. The molecule has 6 nitrogen and oxygen atoms in total. The summed E-state index contributed by atoms with van der Waals surface area (Å²) < 4.78 is 36.5. The van der Waals surface area contributed by atoms with Gasteiger partial charge in [0.05, 0.1) is 6.61 Å². The molecular formula is C9H13F3N2O4. The smallest absolute Gasteiger partial charge is 0.408 e. The highest BCUT2D eigenvalue weighted by molar-refractivity contribution is 5.84. The molecule has 0 aromatic carbocycles. The van der Waals surface area contributed by atoms with Crippen molar-refractivity contribution >= 4 is 12.0 Å². The monoisotopic (exact) mass is 270 g/mol. The molecule has 2 amide bonds. The van der Waals surface area contributed by atoms with Crippen LogP contribution in [0.2, 0.25) is 0 Å². The maximum absolute atomic E-state index is 12.2. The summed E-state index contributed by atoms with van der Waals surface area (Å²) in [6, 6.07) is -1.35. The zero-order chi connectivity index (χ0) is 14.3. The normalized spacial score (nSPS) is 12.7. The van der Waals surface area contributed by atoms with Gasteiger partial charge in [0.15, 0.2) is 0 Å². The van der Waals surface area contributed by atoms with E-state index in [4.69, 9.17) is 5.11 Å². The average molecular weight is 270 g/mol. The van der Waals surface area contributed by atoms with Gasteiger partial charge in [0.1, 0.15) is 12.6 Å². The first-order chi connectivity index (χ1) is 8.17. The minimum absolute atomic E-state index is 0.0578. The molecule has 9 heteroatoms. The first-order valence-corrected chi connectivity index (χ1v) is 4.78. The molecule has 0 bridgehead atoms. The maximum atomic E-state index is 12.2. The SMILES string of the molecule is C=CCON(CC(F)(F)F)C(=O)C(C)NC(=O)O. The highest BCUT2D eigenvalue weighted by atomic mass is 19.4. The van der Waals surface area contributed by atoms with Crippen molar-refractivity contribution in [1.29, 1.82) is 0 Å². The van der Waals surface area contributed by atoms with Gasteiger partial charge in [0.25, 0.3) is 5.91 Å². The Balaban J connectivity index is 4.67. The molecule has 0 aromatic rings. The van der Waals surface area contributed by atoms with Gasteiger partial charge in [-0.25, -0.2) is 9.86 Å². The van der Waals surface area contributed by atoms with Crippen LogP contribution in [-0.2, 0) is 9.63 Å². The second-order valence-corrected chi connectivity index (χ2v) is 3.25. The van der Waals surface area contributed by atoms with Crippen LogP contribution in [0, 0.1) is 0 Å². The number of amides is 2. The first kappa shape index (κ1) is 16.2. The van der Waals surface area contributed by atoms with E-state index < -0.39 is 30.8 Å². The van der Waals surface area contributed by atoms with Crippen LogP contribution in [0.1, 0.15) is 6.92 Å². The Bertz CT molecular complexity index is 319. The molecule has 0 aliphatic heterocycles. The lowest BCUT2D eigenvalue weighted by atomic mass is 10.3. The second kappa shape index (κ2) is 6.84. The summed E-state index contributed by atoms with van der Waals surface area (Å²) in [4.78, 5) is 26.3. The fourth-order valence-electron chi connectivity index (χ4n) is 0.956. The minimum atomic E-state index is -4.65. The number of carboxylic acid groups (broad SMARTS) is 1. The van der Waals surface area contributed by atoms with E-state index >= 15 is 0 Å². The number of nitrogens with one attached hydrogen (secondary N) is 1. The minimum Gasteiger partial charge on any atom is -0.465 e. The van der Waals surface area contributed by atoms with Crippen molar-refractivity contribution in [2.75, 3.05) is 13.2 Å². The molecular weight excluding hydrogens is 257 g/mol. The predicted molar refractivity (Wildman–Crippen MR) is 54.5 cm³/mol. The summed E-state index contributed by atoms with van der Waals surface area (Å²) in [5.74, 6) is -1.14. The summed E-state index contributed by atoms with van der Waals surface area (Å²) >= 11 is 0. The maximum Gasteiger partial charge on any atom is 0.408 e. The quantitative estimate of drug-likeness (QED) is 0.560. The van der Waals surface area contributed by atoms with Gasteiger partial charge in [-0.3, -0.25) is 9.63 Å². The van der Waals surface area contributed by atoms with Crippen molar-refractivity contribution in [3.8, 4) is 0 Å². The Morgan fingerprint density at radius 1 is 1.56 bits per heavy atom. The standard InChI is InChI=1S/C9H13F3N2O4/c1-3-4-18-14(5-9(10,11)12)7(15)6(2)13-8(16)17/h3,6,13H,1,4-5H2,2H3,(H,16,17). The molecule has 0 radical (unpaired) electrons. The van der Waals surface area contributed by atoms with E-state index in [1.54, 1.807) is 5.32 Å². The van der Waals surface area contributed by atoms with Gasteiger partial charge in [-0.05, 0) is 6.92 Å². The molecule has 0 aliphatic carbocycles. The van der Waals surface area contributed by atoms with E-state index in [2.05, 4.69) is 11.4 Å². The van der Waals surface area contributed by atoms with Crippen LogP contribution < -0.4 is 5.32 Å². The molecule has 0 spiro atoms. The van der Waals surface area contributed by atoms with Crippen LogP contribution in [0.5, 0.6) is 0 Å². The van der Waals surface area contributed by atoms with Gasteiger partial charge < -0.3 is 10.4 Å². The molecule has 18 heavy (non-hydrogen) atoms. The van der Waals surface area contributed by atoms with E-state index in [0.29, 0.717) is 0 Å². The van der Waals surface area contributed by atoms with Crippen LogP contribution in [0.25, 0.3) is 0 Å². The fraction of sp³-hybridized carbons (Fsp3) is 0.556. The van der Waals surface area contributed by atoms with E-state index in [1.807, 2.05) is 0 Å². The zero-order valence-electron chi connectivity index (χ0n) is 9.53. The third-order valence-electron chi connectivity index (χ3n) is 1.63. The van der Waals surface area contributed by atoms with Crippen LogP contribution in [-0.4, -0.2) is 47.5 Å². The van der Waals surface area contributed by atoms with E-state index in [0.717, 1.165) is 13.0 Å². The number of halogens is 3. The van der Waals surface area contributed by atoms with Crippen LogP contribution in [0.4, 0.5) is 18.0 Å². The first-order valence-electron chi connectivity index (χ1n) is 4.78. The molecule has 1 atom stereocenters. The Kier molecular flexibility index (Phi) is 6.17. The number of rotatable bonds is 6. The van der Waals surface area contributed by atoms with E-state index in [1.165, 1.54) is 0 Å². The van der Waals surface area contributed by atoms with Gasteiger partial charge >= 0.3 is 12.3 Å². The highest BCUT2D eigenvalue weighted by Gasteiger charge is 2.35. The third-order valence-corrected chi connectivity index (χ3v) is 1.63. The average Bonchev–Trinajstić information content (AvgIpc) is 2.20. The number of hydrogen-bond acceptors (Lipinski definition) is 3. The van der Waals surface area contributed by atoms with Crippen LogP contribution in [0.3, 0.4) is 0 Å². The lowest BCUT2D eigenvalue weighted by Crippen LogP contribution is -2.49. The number of hydroxylamine groups is 2. The summed E-state index contributed by atoms with van der Waals surface area (Å²) in [6.07, 6.45) is -5.02. The van der Waals surface area contributed by atoms with Crippen molar-refractivity contribution in [3.63, 3.8) is 0 Å². The highest BCUT2D eigenvalue weighted by Crippen LogP contribution is 2.17. The Morgan fingerprint density at radius 2 is 2.11 bits per heavy atom. The molecule has 0 aromatic heterocycles. The van der Waals surface area contributed by atoms with Crippen molar-refractivity contribution in [1.82, 2.24) is 10.4 Å². The number of alkyl halides is 3. The summed E-state index contributed by atoms with van der Waals surface area (Å²) in [5.41, 5.74) is 0. The largest absolute Gasteiger partial charge is 0.465 e. The number of hydrogen-bond donors (Lipinski definition) is 2. The Labute approximate surface area is 101 Å². The van der Waals surface area contributed by atoms with E-state index in [9.17, 15) is 22.8 Å². The van der Waals surface area contributed by atoms with Crippen LogP contribution in [0.15, 0.2) is 12.7 Å². The molecule has 0 saturated carbocycles. The number of carbonyl (C=O) groups excluding carboxylic acids is 1. The fourth-order valence-corrected chi connectivity index (χ4v) is 0.956. The molecule has 1 unspecified atom stereocenters. The topological polar surface area (TPSA) is 78.9 Å². The number of nitrogens with zero attached hydrogens (tertiary/aromatic N) is 1. The summed E-state index contributed by atoms with van der Waals surface area (Å²) in [7, 11) is 0. The molecule has 0 rings (SSSR count). The second-order valence-electron chi connectivity index (χ2n) is 3.25. The zero-order valence-corrected chi connectivity index (χ0v) is 9.53. The van der Waals surface area contributed by atoms with Crippen LogP contribution >= 0.6 is 0 Å². The molecule has 0 aliphatic rings. The Morgan fingerprint density at radius 3 is 2.50 bits per heavy atom. The van der Waals surface area contributed by atoms with Gasteiger partial charge in [-0.2, -0.15) is 13.2 Å². The predicted octanol–water partition coefficient (Wildman–Crippen LogP) is 1.15. The van der Waals surface area contributed by atoms with Crippen molar-refractivity contribution in [2.45, 2.75) is 19.1 Å². The summed E-state index contributed by atoms with van der Waals surface area (Å²) in [5, 5.41) is 10.2. The molecule has 0 heterocycles. The molecule has 2 N–H and O–H groups in total. The van der Waals surface area contributed by atoms with Crippen molar-refractivity contribution in [2.24, 2.45) is 0 Å². The third kappa shape index (κ3) is 6.74. The number of carbonyl (C=O) groups is 2. The lowest BCUT2D eigenvalue weighted by molar-refractivity contribution is -0.230. The van der Waals surface area contributed by atoms with Crippen molar-refractivity contribution in [3.05, 3.63) is 12.7 Å². The van der Waals surface area contributed by atoms with E-state index in [-0.39, 0.29) is 11.7 Å². The lowest BCUT2D eigenvalue weighted by Gasteiger charge is -2.25. The molecule has 104 valence electrons. The molecule has 0 saturated heterocycles.